The van der Waals surface area contributed by atoms with Crippen LogP contribution < -0.4 is 5.32 Å². The number of aliphatic carboxylic acids is 1. The van der Waals surface area contributed by atoms with Crippen molar-refractivity contribution in [3.8, 4) is 0 Å². The number of amides is 1. The van der Waals surface area contributed by atoms with Crippen LogP contribution in [0.25, 0.3) is 10.9 Å². The lowest BCUT2D eigenvalue weighted by atomic mass is 9.80. The van der Waals surface area contributed by atoms with E-state index in [1.807, 2.05) is 0 Å². The van der Waals surface area contributed by atoms with Crippen LogP contribution in [0.4, 0.5) is 4.39 Å². The van der Waals surface area contributed by atoms with Gasteiger partial charge in [-0.25, -0.2) is 4.39 Å². The number of hydrogen-bond donors (Lipinski definition) is 3. The number of halogens is 1. The summed E-state index contributed by atoms with van der Waals surface area (Å²) in [6.45, 7) is 1.78. The molecule has 21 heavy (non-hydrogen) atoms. The van der Waals surface area contributed by atoms with E-state index in [0.29, 0.717) is 24.1 Å². The number of aryl methyl sites for hydroxylation is 1. The monoisotopic (exact) mass is 290 g/mol. The van der Waals surface area contributed by atoms with E-state index in [0.717, 1.165) is 10.9 Å². The van der Waals surface area contributed by atoms with Gasteiger partial charge in [-0.3, -0.25) is 9.59 Å². The maximum Gasteiger partial charge on any atom is 0.306 e. The fourth-order valence-corrected chi connectivity index (χ4v) is 2.70. The number of fused-ring (bicyclic) bond motifs is 1. The summed E-state index contributed by atoms with van der Waals surface area (Å²) in [7, 11) is 0. The first-order valence-corrected chi connectivity index (χ1v) is 6.76. The second-order valence-electron chi connectivity index (χ2n) is 5.54. The number of rotatable bonds is 3. The summed E-state index contributed by atoms with van der Waals surface area (Å²) in [5, 5.41) is 12.4. The number of carbonyl (C=O) groups is 2. The van der Waals surface area contributed by atoms with Gasteiger partial charge in [0, 0.05) is 16.9 Å². The first-order chi connectivity index (χ1) is 9.94. The summed E-state index contributed by atoms with van der Waals surface area (Å²) >= 11 is 0. The predicted molar refractivity (Wildman–Crippen MR) is 74.6 cm³/mol. The quantitative estimate of drug-likeness (QED) is 0.810. The molecule has 1 amide bonds. The van der Waals surface area contributed by atoms with Crippen molar-refractivity contribution >= 4 is 22.8 Å². The fourth-order valence-electron chi connectivity index (χ4n) is 2.70. The average Bonchev–Trinajstić information content (AvgIpc) is 2.76. The largest absolute Gasteiger partial charge is 0.481 e. The van der Waals surface area contributed by atoms with Crippen LogP contribution in [0.5, 0.6) is 0 Å². The lowest BCUT2D eigenvalue weighted by Gasteiger charge is -2.32. The van der Waals surface area contributed by atoms with Gasteiger partial charge in [0.2, 0.25) is 0 Å². The predicted octanol–water partition coefficient (Wildman–Crippen LogP) is 2.21. The summed E-state index contributed by atoms with van der Waals surface area (Å²) in [5.41, 5.74) is 1.70. The first-order valence-electron chi connectivity index (χ1n) is 6.76. The highest BCUT2D eigenvalue weighted by Gasteiger charge is 2.35. The molecule has 1 aliphatic carbocycles. The van der Waals surface area contributed by atoms with E-state index in [1.165, 1.54) is 12.1 Å². The number of nitrogens with one attached hydrogen (secondary N) is 2. The fraction of sp³-hybridized carbons (Fsp3) is 0.333. The topological polar surface area (TPSA) is 82.2 Å². The van der Waals surface area contributed by atoms with Gasteiger partial charge in [0.1, 0.15) is 11.5 Å². The number of aromatic nitrogens is 1. The van der Waals surface area contributed by atoms with E-state index >= 15 is 0 Å². The maximum absolute atomic E-state index is 13.3. The van der Waals surface area contributed by atoms with Crippen molar-refractivity contribution in [2.75, 3.05) is 0 Å². The summed E-state index contributed by atoms with van der Waals surface area (Å²) in [6, 6.07) is 4.35. The Morgan fingerprint density at radius 2 is 2.05 bits per heavy atom. The minimum Gasteiger partial charge on any atom is -0.481 e. The van der Waals surface area contributed by atoms with Gasteiger partial charge in [0.05, 0.1) is 5.92 Å². The highest BCUT2D eigenvalue weighted by atomic mass is 19.1. The highest BCUT2D eigenvalue weighted by molar-refractivity contribution is 5.99. The van der Waals surface area contributed by atoms with Crippen molar-refractivity contribution in [1.29, 1.82) is 0 Å². The molecule has 3 N–H and O–H groups in total. The third kappa shape index (κ3) is 2.49. The Bertz CT molecular complexity index is 732. The Balaban J connectivity index is 1.74. The molecule has 0 spiro atoms. The Morgan fingerprint density at radius 1 is 1.33 bits per heavy atom. The molecular formula is C15H15FN2O3. The van der Waals surface area contributed by atoms with Crippen molar-refractivity contribution in [3.63, 3.8) is 0 Å². The van der Waals surface area contributed by atoms with Gasteiger partial charge in [-0.1, -0.05) is 0 Å². The minimum absolute atomic E-state index is 0.108. The third-order valence-electron chi connectivity index (χ3n) is 3.98. The van der Waals surface area contributed by atoms with Crippen molar-refractivity contribution in [2.24, 2.45) is 5.92 Å². The van der Waals surface area contributed by atoms with Gasteiger partial charge in [-0.15, -0.1) is 0 Å². The smallest absolute Gasteiger partial charge is 0.306 e. The second-order valence-corrected chi connectivity index (χ2v) is 5.54. The molecule has 6 heteroatoms. The molecule has 2 aromatic rings. The molecule has 1 aliphatic rings. The molecule has 0 saturated heterocycles. The lowest BCUT2D eigenvalue weighted by molar-refractivity contribution is -0.145. The van der Waals surface area contributed by atoms with Gasteiger partial charge in [0.15, 0.2) is 0 Å². The van der Waals surface area contributed by atoms with Gasteiger partial charge in [-0.05, 0) is 43.5 Å². The molecule has 0 aliphatic heterocycles. The molecule has 0 atom stereocenters. The zero-order chi connectivity index (χ0) is 15.1. The summed E-state index contributed by atoms with van der Waals surface area (Å²) in [5.74, 6) is -1.83. The molecule has 0 radical (unpaired) electrons. The SMILES string of the molecule is Cc1cc(F)cc2[nH]c(C(=O)NC3CC(C(=O)O)C3)cc12. The Labute approximate surface area is 120 Å². The van der Waals surface area contributed by atoms with E-state index in [-0.39, 0.29) is 23.7 Å². The number of H-pyrrole nitrogens is 1. The Hall–Kier alpha value is -2.37. The summed E-state index contributed by atoms with van der Waals surface area (Å²) in [4.78, 5) is 25.7. The molecule has 1 saturated carbocycles. The van der Waals surface area contributed by atoms with Crippen LogP contribution in [-0.2, 0) is 4.79 Å². The van der Waals surface area contributed by atoms with Crippen molar-refractivity contribution < 1.29 is 19.1 Å². The lowest BCUT2D eigenvalue weighted by Crippen LogP contribution is -2.46. The first kappa shape index (κ1) is 13.6. The molecule has 110 valence electrons. The van der Waals surface area contributed by atoms with E-state index in [9.17, 15) is 14.0 Å². The Morgan fingerprint density at radius 3 is 2.71 bits per heavy atom. The number of aromatic amines is 1. The number of carboxylic acid groups (broad SMARTS) is 1. The van der Waals surface area contributed by atoms with Crippen molar-refractivity contribution in [1.82, 2.24) is 10.3 Å². The highest BCUT2D eigenvalue weighted by Crippen LogP contribution is 2.28. The summed E-state index contributed by atoms with van der Waals surface area (Å²) in [6.07, 6.45) is 0.907. The van der Waals surface area contributed by atoms with E-state index in [2.05, 4.69) is 10.3 Å². The van der Waals surface area contributed by atoms with Crippen molar-refractivity contribution in [3.05, 3.63) is 35.3 Å². The van der Waals surface area contributed by atoms with E-state index in [4.69, 9.17) is 5.11 Å². The molecule has 3 rings (SSSR count). The molecule has 1 aromatic heterocycles. The van der Waals surface area contributed by atoms with Gasteiger partial charge < -0.3 is 15.4 Å². The molecule has 1 aromatic carbocycles. The minimum atomic E-state index is -0.822. The molecule has 0 unspecified atom stereocenters. The van der Waals surface area contributed by atoms with Gasteiger partial charge in [-0.2, -0.15) is 0 Å². The molecule has 0 bridgehead atoms. The maximum atomic E-state index is 13.3. The van der Waals surface area contributed by atoms with Crippen LogP contribution in [-0.4, -0.2) is 28.0 Å². The van der Waals surface area contributed by atoms with Crippen LogP contribution >= 0.6 is 0 Å². The van der Waals surface area contributed by atoms with Crippen LogP contribution in [0.2, 0.25) is 0 Å². The standard InChI is InChI=1S/C15H15FN2O3/c1-7-2-9(16)5-12-11(7)6-13(18-12)14(19)17-10-3-8(4-10)15(20)21/h2,5-6,8,10,18H,3-4H2,1H3,(H,17,19)(H,20,21). The van der Waals surface area contributed by atoms with Gasteiger partial charge >= 0.3 is 5.97 Å². The molecule has 1 fully saturated rings. The zero-order valence-corrected chi connectivity index (χ0v) is 11.4. The number of carboxylic acids is 1. The normalized spacial score (nSPS) is 21.0. The number of hydrogen-bond acceptors (Lipinski definition) is 2. The summed E-state index contributed by atoms with van der Waals surface area (Å²) < 4.78 is 13.3. The third-order valence-corrected chi connectivity index (χ3v) is 3.98. The molecule has 1 heterocycles. The average molecular weight is 290 g/mol. The Kier molecular flexibility index (Phi) is 3.16. The van der Waals surface area contributed by atoms with E-state index < -0.39 is 5.97 Å². The molecule has 5 nitrogen and oxygen atoms in total. The van der Waals surface area contributed by atoms with Crippen LogP contribution in [0.3, 0.4) is 0 Å². The number of carbonyl (C=O) groups excluding carboxylic acids is 1. The number of benzene rings is 1. The van der Waals surface area contributed by atoms with Crippen molar-refractivity contribution in [2.45, 2.75) is 25.8 Å². The van der Waals surface area contributed by atoms with Crippen LogP contribution in [0.1, 0.15) is 28.9 Å². The zero-order valence-electron chi connectivity index (χ0n) is 11.4. The van der Waals surface area contributed by atoms with E-state index in [1.54, 1.807) is 13.0 Å². The van der Waals surface area contributed by atoms with Gasteiger partial charge in [0.25, 0.3) is 5.91 Å². The van der Waals surface area contributed by atoms with Crippen LogP contribution in [0, 0.1) is 18.7 Å². The molecular weight excluding hydrogens is 275 g/mol. The van der Waals surface area contributed by atoms with Crippen LogP contribution in [0.15, 0.2) is 18.2 Å². The second kappa shape index (κ2) is 4.87.